The van der Waals surface area contributed by atoms with Gasteiger partial charge in [-0.1, -0.05) is 11.6 Å². The molecule has 4 nitrogen and oxygen atoms in total. The highest BCUT2D eigenvalue weighted by Crippen LogP contribution is 2.19. The first-order chi connectivity index (χ1) is 10.5. The summed E-state index contributed by atoms with van der Waals surface area (Å²) in [7, 11) is 2.25. The Bertz CT molecular complexity index is 506. The van der Waals surface area contributed by atoms with Crippen molar-refractivity contribution in [1.82, 2.24) is 5.32 Å². The van der Waals surface area contributed by atoms with Crippen LogP contribution in [0, 0.1) is 5.82 Å². The minimum absolute atomic E-state index is 0.0913. The zero-order valence-electron chi connectivity index (χ0n) is 12.8. The molecular formula is C15H24ClFN4S+2. The van der Waals surface area contributed by atoms with Gasteiger partial charge in [0.05, 0.1) is 18.6 Å². The van der Waals surface area contributed by atoms with Gasteiger partial charge in [-0.3, -0.25) is 0 Å². The molecule has 0 atom stereocenters. The van der Waals surface area contributed by atoms with Crippen LogP contribution in [-0.2, 0) is 0 Å². The molecule has 0 radical (unpaired) electrons. The predicted molar refractivity (Wildman–Crippen MR) is 92.4 cm³/mol. The van der Waals surface area contributed by atoms with Crippen molar-refractivity contribution in [1.29, 1.82) is 0 Å². The van der Waals surface area contributed by atoms with Gasteiger partial charge in [0.1, 0.15) is 32.0 Å². The van der Waals surface area contributed by atoms with Crippen molar-refractivity contribution >= 4 is 34.6 Å². The number of likely N-dealkylation sites (N-methyl/N-ethyl adjacent to an activating group) is 1. The number of anilines is 1. The van der Waals surface area contributed by atoms with E-state index in [1.807, 2.05) is 0 Å². The van der Waals surface area contributed by atoms with E-state index < -0.39 is 5.82 Å². The summed E-state index contributed by atoms with van der Waals surface area (Å²) in [6, 6.07) is 4.47. The molecule has 0 saturated carbocycles. The van der Waals surface area contributed by atoms with E-state index in [1.165, 1.54) is 44.9 Å². The molecule has 0 aliphatic carbocycles. The van der Waals surface area contributed by atoms with Crippen molar-refractivity contribution < 1.29 is 14.2 Å². The highest BCUT2D eigenvalue weighted by molar-refractivity contribution is 7.80. The van der Waals surface area contributed by atoms with Crippen molar-refractivity contribution in [3.8, 4) is 0 Å². The van der Waals surface area contributed by atoms with E-state index in [2.05, 4.69) is 17.7 Å². The van der Waals surface area contributed by atoms with Gasteiger partial charge in [-0.05, 0) is 30.4 Å². The Morgan fingerprint density at radius 1 is 1.32 bits per heavy atom. The molecule has 0 aromatic heterocycles. The van der Waals surface area contributed by atoms with Gasteiger partial charge in [0.15, 0.2) is 5.11 Å². The normalized spacial score (nSPS) is 21.4. The second-order valence-electron chi connectivity index (χ2n) is 5.82. The molecular weight excluding hydrogens is 323 g/mol. The Morgan fingerprint density at radius 3 is 2.73 bits per heavy atom. The average Bonchev–Trinajstić information content (AvgIpc) is 2.49. The number of benzene rings is 1. The molecule has 22 heavy (non-hydrogen) atoms. The third-order valence-corrected chi connectivity index (χ3v) is 4.52. The minimum Gasteiger partial charge on any atom is -0.362 e. The first kappa shape index (κ1) is 17.4. The Morgan fingerprint density at radius 2 is 2.05 bits per heavy atom. The maximum absolute atomic E-state index is 13.1. The molecule has 0 unspecified atom stereocenters. The Kier molecular flexibility index (Phi) is 6.82. The fraction of sp³-hybridized carbons (Fsp3) is 0.533. The van der Waals surface area contributed by atoms with Crippen LogP contribution in [0.4, 0.5) is 10.1 Å². The number of quaternary nitrogens is 2. The monoisotopic (exact) mass is 346 g/mol. The minimum atomic E-state index is -0.428. The molecule has 4 N–H and O–H groups in total. The lowest BCUT2D eigenvalue weighted by Crippen LogP contribution is -3.27. The van der Waals surface area contributed by atoms with E-state index in [1.54, 1.807) is 15.9 Å². The van der Waals surface area contributed by atoms with Gasteiger partial charge in [-0.15, -0.1) is 0 Å². The van der Waals surface area contributed by atoms with Crippen LogP contribution >= 0.6 is 23.8 Å². The van der Waals surface area contributed by atoms with Crippen molar-refractivity contribution in [3.05, 3.63) is 29.0 Å². The Balaban J connectivity index is 1.62. The summed E-state index contributed by atoms with van der Waals surface area (Å²) in [4.78, 5) is 3.31. The predicted octanol–water partition coefficient (Wildman–Crippen LogP) is -0.431. The summed E-state index contributed by atoms with van der Waals surface area (Å²) in [6.07, 6.45) is 1.08. The van der Waals surface area contributed by atoms with Gasteiger partial charge in [0, 0.05) is 18.7 Å². The first-order valence-electron chi connectivity index (χ1n) is 7.69. The van der Waals surface area contributed by atoms with Crippen LogP contribution in [0.15, 0.2) is 18.2 Å². The zero-order chi connectivity index (χ0) is 15.9. The molecule has 1 aromatic carbocycles. The fourth-order valence-corrected chi connectivity index (χ4v) is 2.97. The molecule has 0 spiro atoms. The molecule has 7 heteroatoms. The molecule has 0 amide bonds. The number of hydrogen-bond donors (Lipinski definition) is 4. The summed E-state index contributed by atoms with van der Waals surface area (Å²) in [6.45, 7) is 7.03. The van der Waals surface area contributed by atoms with Gasteiger partial charge in [-0.2, -0.15) is 0 Å². The van der Waals surface area contributed by atoms with Crippen LogP contribution in [-0.4, -0.2) is 51.4 Å². The highest BCUT2D eigenvalue weighted by atomic mass is 35.5. The summed E-state index contributed by atoms with van der Waals surface area (Å²) in [5.74, 6) is -0.428. The molecule has 2 rings (SSSR count). The third kappa shape index (κ3) is 5.68. The number of piperazine rings is 1. The number of rotatable bonds is 5. The van der Waals surface area contributed by atoms with Crippen LogP contribution in [0.2, 0.25) is 5.02 Å². The van der Waals surface area contributed by atoms with Crippen LogP contribution in [0.3, 0.4) is 0 Å². The van der Waals surface area contributed by atoms with E-state index in [0.717, 1.165) is 13.0 Å². The molecule has 1 aromatic rings. The number of halogens is 2. The number of thiocarbonyl (C=S) groups is 1. The highest BCUT2D eigenvalue weighted by Gasteiger charge is 2.18. The molecule has 0 bridgehead atoms. The molecule has 122 valence electrons. The van der Waals surface area contributed by atoms with Crippen molar-refractivity contribution in [3.63, 3.8) is 0 Å². The first-order valence-corrected chi connectivity index (χ1v) is 8.48. The van der Waals surface area contributed by atoms with Gasteiger partial charge < -0.3 is 20.4 Å². The summed E-state index contributed by atoms with van der Waals surface area (Å²) < 4.78 is 13.1. The van der Waals surface area contributed by atoms with Gasteiger partial charge in [0.2, 0.25) is 0 Å². The van der Waals surface area contributed by atoms with Crippen LogP contribution < -0.4 is 20.4 Å². The second kappa shape index (κ2) is 8.62. The molecule has 1 fully saturated rings. The van der Waals surface area contributed by atoms with Crippen LogP contribution in [0.5, 0.6) is 0 Å². The Labute approximate surface area is 141 Å². The van der Waals surface area contributed by atoms with Crippen LogP contribution in [0.25, 0.3) is 0 Å². The lowest BCUT2D eigenvalue weighted by molar-refractivity contribution is -1.00. The molecule has 1 saturated heterocycles. The Hall–Kier alpha value is -0.950. The van der Waals surface area contributed by atoms with Gasteiger partial charge >= 0.3 is 0 Å². The van der Waals surface area contributed by atoms with E-state index in [0.29, 0.717) is 10.8 Å². The third-order valence-electron chi connectivity index (χ3n) is 3.98. The molecule has 1 aliphatic rings. The van der Waals surface area contributed by atoms with E-state index >= 15 is 0 Å². The average molecular weight is 347 g/mol. The topological polar surface area (TPSA) is 32.9 Å². The van der Waals surface area contributed by atoms with Crippen molar-refractivity contribution in [2.24, 2.45) is 0 Å². The quantitative estimate of drug-likeness (QED) is 0.431. The SMILES string of the molecule is C[NH+]1CC[NH+](CCCNC(=S)Nc2ccc(F)c(Cl)c2)CC1. The largest absolute Gasteiger partial charge is 0.362 e. The summed E-state index contributed by atoms with van der Waals surface area (Å²) >= 11 is 11.0. The lowest BCUT2D eigenvalue weighted by atomic mass is 10.3. The second-order valence-corrected chi connectivity index (χ2v) is 6.64. The van der Waals surface area contributed by atoms with Gasteiger partial charge in [0.25, 0.3) is 0 Å². The van der Waals surface area contributed by atoms with E-state index in [9.17, 15) is 4.39 Å². The van der Waals surface area contributed by atoms with E-state index in [-0.39, 0.29) is 5.02 Å². The molecule has 1 aliphatic heterocycles. The maximum Gasteiger partial charge on any atom is 0.170 e. The maximum atomic E-state index is 13.1. The number of hydrogen-bond acceptors (Lipinski definition) is 1. The fourth-order valence-electron chi connectivity index (χ4n) is 2.57. The summed E-state index contributed by atoms with van der Waals surface area (Å²) in [5.41, 5.74) is 0.691. The van der Waals surface area contributed by atoms with Gasteiger partial charge in [-0.25, -0.2) is 4.39 Å². The standard InChI is InChI=1S/C15H22ClFN4S/c1-20-7-9-21(10-8-20)6-2-5-18-15(22)19-12-3-4-14(17)13(16)11-12/h3-4,11H,2,5-10H2,1H3,(H2,18,19,22)/p+2. The molecule has 1 heterocycles. The zero-order valence-corrected chi connectivity index (χ0v) is 14.4. The lowest BCUT2D eigenvalue weighted by Gasteiger charge is -2.27. The van der Waals surface area contributed by atoms with Crippen LogP contribution in [0.1, 0.15) is 6.42 Å². The van der Waals surface area contributed by atoms with E-state index in [4.69, 9.17) is 23.8 Å². The summed E-state index contributed by atoms with van der Waals surface area (Å²) in [5, 5.41) is 6.83. The number of nitrogens with one attached hydrogen (secondary N) is 4. The van der Waals surface area contributed by atoms with Crippen molar-refractivity contribution in [2.45, 2.75) is 6.42 Å². The smallest absolute Gasteiger partial charge is 0.170 e. The van der Waals surface area contributed by atoms with Crippen molar-refractivity contribution in [2.75, 3.05) is 51.6 Å².